The molecule has 0 atom stereocenters. The van der Waals surface area contributed by atoms with Gasteiger partial charge in [-0.25, -0.2) is 0 Å². The molecule has 0 aliphatic carbocycles. The smallest absolute Gasteiger partial charge is 0.224 e. The average molecular weight is 247 g/mol. The molecule has 0 saturated carbocycles. The molecule has 0 aliphatic heterocycles. The second-order valence-electron chi connectivity index (χ2n) is 4.35. The summed E-state index contributed by atoms with van der Waals surface area (Å²) in [6.07, 6.45) is 5.68. The fourth-order valence-corrected chi connectivity index (χ4v) is 1.72. The average Bonchev–Trinajstić information content (AvgIpc) is 2.86. The Kier molecular flexibility index (Phi) is 3.45. The highest BCUT2D eigenvalue weighted by Gasteiger charge is 2.07. The topological polar surface area (TPSA) is 64.7 Å². The van der Waals surface area contributed by atoms with Crippen LogP contribution in [0.2, 0.25) is 0 Å². The third-order valence-electron chi connectivity index (χ3n) is 2.94. The monoisotopic (exact) mass is 247 g/mol. The van der Waals surface area contributed by atoms with Gasteiger partial charge in [-0.15, -0.1) is 0 Å². The van der Waals surface area contributed by atoms with Crippen LogP contribution in [0.15, 0.2) is 18.6 Å². The Bertz CT molecular complexity index is 555. The van der Waals surface area contributed by atoms with E-state index in [1.165, 1.54) is 0 Å². The summed E-state index contributed by atoms with van der Waals surface area (Å²) in [6.45, 7) is 2.49. The maximum absolute atomic E-state index is 11.7. The number of aromatic nitrogens is 4. The summed E-state index contributed by atoms with van der Waals surface area (Å²) in [5.41, 5.74) is 3.02. The van der Waals surface area contributed by atoms with Crippen LogP contribution in [0.1, 0.15) is 16.8 Å². The Balaban J connectivity index is 1.87. The molecule has 0 aromatic carbocycles. The van der Waals surface area contributed by atoms with E-state index < -0.39 is 0 Å². The Labute approximate surface area is 106 Å². The van der Waals surface area contributed by atoms with E-state index in [1.54, 1.807) is 21.8 Å². The maximum atomic E-state index is 11.7. The number of carbonyl (C=O) groups is 1. The molecule has 2 aromatic rings. The molecule has 2 rings (SSSR count). The van der Waals surface area contributed by atoms with Gasteiger partial charge in [0.1, 0.15) is 0 Å². The van der Waals surface area contributed by atoms with Gasteiger partial charge in [-0.3, -0.25) is 14.2 Å². The molecule has 0 fully saturated rings. The molecule has 1 N–H and O–H groups in total. The minimum absolute atomic E-state index is 0.00810. The quantitative estimate of drug-likeness (QED) is 0.846. The summed E-state index contributed by atoms with van der Waals surface area (Å²) >= 11 is 0. The van der Waals surface area contributed by atoms with Crippen LogP contribution in [-0.2, 0) is 31.9 Å². The molecule has 6 nitrogen and oxygen atoms in total. The number of carbonyl (C=O) groups excluding carboxylic acids is 1. The van der Waals surface area contributed by atoms with Gasteiger partial charge in [0.05, 0.1) is 18.8 Å². The SMILES string of the molecule is Cc1c(CNC(=O)Cc2cnn(C)c2)cnn1C. The summed E-state index contributed by atoms with van der Waals surface area (Å²) < 4.78 is 3.48. The molecule has 18 heavy (non-hydrogen) atoms. The van der Waals surface area contributed by atoms with Crippen LogP contribution in [0.4, 0.5) is 0 Å². The minimum Gasteiger partial charge on any atom is -0.352 e. The van der Waals surface area contributed by atoms with Gasteiger partial charge in [0, 0.05) is 38.1 Å². The molecule has 2 heterocycles. The summed E-state index contributed by atoms with van der Waals surface area (Å²) in [5.74, 6) is -0.00810. The lowest BCUT2D eigenvalue weighted by Gasteiger charge is -2.03. The Morgan fingerprint density at radius 3 is 2.67 bits per heavy atom. The van der Waals surface area contributed by atoms with E-state index in [0.29, 0.717) is 13.0 Å². The highest BCUT2D eigenvalue weighted by Crippen LogP contribution is 2.05. The van der Waals surface area contributed by atoms with Gasteiger partial charge in [0.2, 0.25) is 5.91 Å². The van der Waals surface area contributed by atoms with E-state index in [-0.39, 0.29) is 5.91 Å². The van der Waals surface area contributed by atoms with Crippen molar-refractivity contribution in [3.63, 3.8) is 0 Å². The van der Waals surface area contributed by atoms with Crippen molar-refractivity contribution < 1.29 is 4.79 Å². The number of hydrogen-bond acceptors (Lipinski definition) is 3. The third kappa shape index (κ3) is 2.77. The number of rotatable bonds is 4. The van der Waals surface area contributed by atoms with E-state index in [0.717, 1.165) is 16.8 Å². The molecule has 0 unspecified atom stereocenters. The zero-order chi connectivity index (χ0) is 13.1. The second kappa shape index (κ2) is 5.03. The van der Waals surface area contributed by atoms with Crippen molar-refractivity contribution in [2.75, 3.05) is 0 Å². The largest absolute Gasteiger partial charge is 0.352 e. The van der Waals surface area contributed by atoms with Crippen LogP contribution in [0.25, 0.3) is 0 Å². The van der Waals surface area contributed by atoms with E-state index in [9.17, 15) is 4.79 Å². The molecular weight excluding hydrogens is 230 g/mol. The summed E-state index contributed by atoms with van der Waals surface area (Å²) in [7, 11) is 3.72. The molecule has 96 valence electrons. The van der Waals surface area contributed by atoms with Crippen molar-refractivity contribution in [1.29, 1.82) is 0 Å². The molecule has 0 spiro atoms. The predicted molar refractivity (Wildman–Crippen MR) is 66.7 cm³/mol. The number of amides is 1. The molecule has 0 radical (unpaired) electrons. The van der Waals surface area contributed by atoms with Crippen molar-refractivity contribution in [3.8, 4) is 0 Å². The van der Waals surface area contributed by atoms with E-state index in [4.69, 9.17) is 0 Å². The van der Waals surface area contributed by atoms with E-state index >= 15 is 0 Å². The highest BCUT2D eigenvalue weighted by molar-refractivity contribution is 5.78. The van der Waals surface area contributed by atoms with Crippen LogP contribution in [-0.4, -0.2) is 25.5 Å². The van der Waals surface area contributed by atoms with Crippen LogP contribution in [0.5, 0.6) is 0 Å². The van der Waals surface area contributed by atoms with Gasteiger partial charge in [-0.1, -0.05) is 0 Å². The lowest BCUT2D eigenvalue weighted by atomic mass is 10.2. The zero-order valence-corrected chi connectivity index (χ0v) is 10.8. The molecule has 1 amide bonds. The summed E-state index contributed by atoms with van der Waals surface area (Å²) in [6, 6.07) is 0. The van der Waals surface area contributed by atoms with Crippen LogP contribution in [0.3, 0.4) is 0 Å². The van der Waals surface area contributed by atoms with Crippen molar-refractivity contribution >= 4 is 5.91 Å². The predicted octanol–water partition coefficient (Wildman–Crippen LogP) is 0.321. The minimum atomic E-state index is -0.00810. The lowest BCUT2D eigenvalue weighted by molar-refractivity contribution is -0.120. The van der Waals surface area contributed by atoms with Crippen LogP contribution >= 0.6 is 0 Å². The van der Waals surface area contributed by atoms with Crippen molar-refractivity contribution in [2.45, 2.75) is 19.9 Å². The van der Waals surface area contributed by atoms with Gasteiger partial charge in [-0.05, 0) is 12.5 Å². The first-order valence-corrected chi connectivity index (χ1v) is 5.78. The Morgan fingerprint density at radius 1 is 1.33 bits per heavy atom. The maximum Gasteiger partial charge on any atom is 0.224 e. The zero-order valence-electron chi connectivity index (χ0n) is 10.8. The van der Waals surface area contributed by atoms with E-state index in [2.05, 4.69) is 15.5 Å². The first-order valence-electron chi connectivity index (χ1n) is 5.78. The van der Waals surface area contributed by atoms with Gasteiger partial charge in [-0.2, -0.15) is 10.2 Å². The van der Waals surface area contributed by atoms with Crippen LogP contribution < -0.4 is 5.32 Å². The first kappa shape index (κ1) is 12.3. The van der Waals surface area contributed by atoms with Gasteiger partial charge < -0.3 is 5.32 Å². The van der Waals surface area contributed by atoms with Crippen molar-refractivity contribution in [3.05, 3.63) is 35.4 Å². The normalized spacial score (nSPS) is 10.6. The number of aryl methyl sites for hydroxylation is 2. The first-order chi connectivity index (χ1) is 8.56. The van der Waals surface area contributed by atoms with E-state index in [1.807, 2.05) is 27.2 Å². The van der Waals surface area contributed by atoms with Crippen molar-refractivity contribution in [1.82, 2.24) is 24.9 Å². The second-order valence-corrected chi connectivity index (χ2v) is 4.35. The molecular formula is C12H17N5O. The summed E-state index contributed by atoms with van der Waals surface area (Å²) in [5, 5.41) is 11.0. The van der Waals surface area contributed by atoms with Gasteiger partial charge in [0.15, 0.2) is 0 Å². The molecule has 0 bridgehead atoms. The number of hydrogen-bond donors (Lipinski definition) is 1. The number of nitrogens with one attached hydrogen (secondary N) is 1. The van der Waals surface area contributed by atoms with Crippen LogP contribution in [0, 0.1) is 6.92 Å². The molecule has 6 heteroatoms. The molecule has 2 aromatic heterocycles. The molecule has 0 aliphatic rings. The van der Waals surface area contributed by atoms with Crippen molar-refractivity contribution in [2.24, 2.45) is 14.1 Å². The number of nitrogens with zero attached hydrogens (tertiary/aromatic N) is 4. The van der Waals surface area contributed by atoms with Gasteiger partial charge in [0.25, 0.3) is 0 Å². The standard InChI is InChI=1S/C12H17N5O/c1-9-11(7-15-17(9)3)6-13-12(18)4-10-5-14-16(2)8-10/h5,7-8H,4,6H2,1-3H3,(H,13,18). The third-order valence-corrected chi connectivity index (χ3v) is 2.94. The Morgan fingerprint density at radius 2 is 2.11 bits per heavy atom. The van der Waals surface area contributed by atoms with Gasteiger partial charge >= 0.3 is 0 Å². The summed E-state index contributed by atoms with van der Waals surface area (Å²) in [4.78, 5) is 11.7. The lowest BCUT2D eigenvalue weighted by Crippen LogP contribution is -2.24. The fourth-order valence-electron chi connectivity index (χ4n) is 1.72. The Hall–Kier alpha value is -2.11. The molecule has 0 saturated heterocycles. The fraction of sp³-hybridized carbons (Fsp3) is 0.417. The highest BCUT2D eigenvalue weighted by atomic mass is 16.1.